The van der Waals surface area contributed by atoms with Crippen LogP contribution < -0.4 is 5.32 Å². The Hall–Kier alpha value is -2.17. The van der Waals surface area contributed by atoms with E-state index in [9.17, 15) is 14.0 Å². The van der Waals surface area contributed by atoms with Crippen molar-refractivity contribution < 1.29 is 19.1 Å². The third kappa shape index (κ3) is 2.74. The van der Waals surface area contributed by atoms with E-state index < -0.39 is 17.4 Å². The Morgan fingerprint density at radius 1 is 1.39 bits per heavy atom. The van der Waals surface area contributed by atoms with E-state index >= 15 is 0 Å². The molecular formula is C13H12FNO3. The van der Waals surface area contributed by atoms with E-state index in [-0.39, 0.29) is 5.82 Å². The van der Waals surface area contributed by atoms with Crippen molar-refractivity contribution in [2.24, 2.45) is 0 Å². The summed E-state index contributed by atoms with van der Waals surface area (Å²) in [7, 11) is 0. The van der Waals surface area contributed by atoms with Gasteiger partial charge in [0.1, 0.15) is 11.4 Å². The maximum atomic E-state index is 12.9. The molecule has 1 aromatic rings. The molecule has 1 fully saturated rings. The Morgan fingerprint density at radius 2 is 2.11 bits per heavy atom. The second kappa shape index (κ2) is 4.60. The van der Waals surface area contributed by atoms with Crippen LogP contribution in [0.4, 0.5) is 4.39 Å². The molecule has 1 amide bonds. The molecular weight excluding hydrogens is 237 g/mol. The van der Waals surface area contributed by atoms with Gasteiger partial charge in [-0.1, -0.05) is 12.1 Å². The van der Waals surface area contributed by atoms with Gasteiger partial charge < -0.3 is 10.4 Å². The van der Waals surface area contributed by atoms with Crippen LogP contribution in [0.25, 0.3) is 6.08 Å². The maximum Gasteiger partial charge on any atom is 0.329 e. The quantitative estimate of drug-likeness (QED) is 0.796. The van der Waals surface area contributed by atoms with E-state index in [0.29, 0.717) is 18.4 Å². The van der Waals surface area contributed by atoms with Gasteiger partial charge in [0, 0.05) is 6.08 Å². The molecule has 0 atom stereocenters. The van der Waals surface area contributed by atoms with Gasteiger partial charge in [-0.05, 0) is 36.6 Å². The molecule has 1 saturated carbocycles. The molecule has 0 heterocycles. The van der Waals surface area contributed by atoms with E-state index in [0.717, 1.165) is 0 Å². The van der Waals surface area contributed by atoms with Crippen LogP contribution in [0.2, 0.25) is 0 Å². The van der Waals surface area contributed by atoms with Crippen LogP contribution in [0, 0.1) is 5.82 Å². The van der Waals surface area contributed by atoms with E-state index in [1.165, 1.54) is 30.4 Å². The summed E-state index contributed by atoms with van der Waals surface area (Å²) in [6.45, 7) is 0. The molecule has 4 nitrogen and oxygen atoms in total. The highest BCUT2D eigenvalue weighted by atomic mass is 19.1. The SMILES string of the molecule is O=C(/C=C/c1cccc(F)c1)NC1(C(=O)O)CC1. The molecule has 0 radical (unpaired) electrons. The van der Waals surface area contributed by atoms with Gasteiger partial charge in [0.25, 0.3) is 0 Å². The van der Waals surface area contributed by atoms with Gasteiger partial charge in [0.2, 0.25) is 5.91 Å². The van der Waals surface area contributed by atoms with Crippen LogP contribution in [0.15, 0.2) is 30.3 Å². The highest BCUT2D eigenvalue weighted by molar-refractivity contribution is 5.97. The lowest BCUT2D eigenvalue weighted by Crippen LogP contribution is -2.42. The standard InChI is InChI=1S/C13H12FNO3/c14-10-3-1-2-9(8-10)4-5-11(16)15-13(6-7-13)12(17)18/h1-5,8H,6-7H2,(H,15,16)(H,17,18)/b5-4+. The molecule has 0 aromatic heterocycles. The van der Waals surface area contributed by atoms with Crippen molar-refractivity contribution in [1.82, 2.24) is 5.32 Å². The van der Waals surface area contributed by atoms with E-state index in [4.69, 9.17) is 5.11 Å². The number of hydrogen-bond acceptors (Lipinski definition) is 2. The molecule has 1 aliphatic carbocycles. The highest BCUT2D eigenvalue weighted by Crippen LogP contribution is 2.35. The lowest BCUT2D eigenvalue weighted by atomic mass is 10.2. The van der Waals surface area contributed by atoms with Gasteiger partial charge in [0.15, 0.2) is 0 Å². The molecule has 0 saturated heterocycles. The second-order valence-electron chi connectivity index (χ2n) is 4.26. The van der Waals surface area contributed by atoms with Crippen LogP contribution in [0.3, 0.4) is 0 Å². The first-order valence-corrected chi connectivity index (χ1v) is 5.51. The minimum absolute atomic E-state index is 0.387. The number of rotatable bonds is 4. The van der Waals surface area contributed by atoms with Crippen molar-refractivity contribution in [2.75, 3.05) is 0 Å². The van der Waals surface area contributed by atoms with E-state index in [1.807, 2.05) is 0 Å². The summed E-state index contributed by atoms with van der Waals surface area (Å²) in [6, 6.07) is 5.78. The van der Waals surface area contributed by atoms with Crippen molar-refractivity contribution in [1.29, 1.82) is 0 Å². The van der Waals surface area contributed by atoms with Gasteiger partial charge in [-0.25, -0.2) is 9.18 Å². The van der Waals surface area contributed by atoms with Gasteiger partial charge >= 0.3 is 5.97 Å². The second-order valence-corrected chi connectivity index (χ2v) is 4.26. The van der Waals surface area contributed by atoms with Gasteiger partial charge in [-0.15, -0.1) is 0 Å². The number of halogens is 1. The molecule has 0 aliphatic heterocycles. The zero-order chi connectivity index (χ0) is 13.2. The first-order chi connectivity index (χ1) is 8.52. The number of carboxylic acid groups (broad SMARTS) is 1. The topological polar surface area (TPSA) is 66.4 Å². The van der Waals surface area contributed by atoms with Crippen LogP contribution in [-0.4, -0.2) is 22.5 Å². The van der Waals surface area contributed by atoms with Gasteiger partial charge in [0.05, 0.1) is 0 Å². The fraction of sp³-hybridized carbons (Fsp3) is 0.231. The van der Waals surface area contributed by atoms with Crippen molar-refractivity contribution in [3.63, 3.8) is 0 Å². The van der Waals surface area contributed by atoms with E-state index in [1.54, 1.807) is 6.07 Å². The average Bonchev–Trinajstić information content (AvgIpc) is 3.08. The van der Waals surface area contributed by atoms with Crippen LogP contribution in [0.5, 0.6) is 0 Å². The summed E-state index contributed by atoms with van der Waals surface area (Å²) in [5, 5.41) is 11.3. The summed E-state index contributed by atoms with van der Waals surface area (Å²) >= 11 is 0. The van der Waals surface area contributed by atoms with Crippen molar-refractivity contribution in [3.8, 4) is 0 Å². The lowest BCUT2D eigenvalue weighted by Gasteiger charge is -2.09. The van der Waals surface area contributed by atoms with Gasteiger partial charge in [-0.2, -0.15) is 0 Å². The smallest absolute Gasteiger partial charge is 0.329 e. The summed E-state index contributed by atoms with van der Waals surface area (Å²) in [6.07, 6.45) is 3.54. The first-order valence-electron chi connectivity index (χ1n) is 5.51. The Kier molecular flexibility index (Phi) is 3.14. The summed E-state index contributed by atoms with van der Waals surface area (Å²) in [5.41, 5.74) is -0.547. The Bertz CT molecular complexity index is 521. The number of benzene rings is 1. The molecule has 0 spiro atoms. The van der Waals surface area contributed by atoms with Gasteiger partial charge in [-0.3, -0.25) is 4.79 Å². The minimum Gasteiger partial charge on any atom is -0.480 e. The summed E-state index contributed by atoms with van der Waals surface area (Å²) in [4.78, 5) is 22.4. The molecule has 5 heteroatoms. The highest BCUT2D eigenvalue weighted by Gasteiger charge is 2.51. The largest absolute Gasteiger partial charge is 0.480 e. The first kappa shape index (κ1) is 12.3. The fourth-order valence-corrected chi connectivity index (χ4v) is 1.58. The molecule has 1 aliphatic rings. The molecule has 0 bridgehead atoms. The third-order valence-corrected chi connectivity index (χ3v) is 2.80. The van der Waals surface area contributed by atoms with Crippen molar-refractivity contribution in [2.45, 2.75) is 18.4 Å². The molecule has 1 aromatic carbocycles. The van der Waals surface area contributed by atoms with Crippen LogP contribution in [-0.2, 0) is 9.59 Å². The number of carbonyl (C=O) groups is 2. The zero-order valence-corrected chi connectivity index (χ0v) is 9.52. The van der Waals surface area contributed by atoms with Crippen LogP contribution in [0.1, 0.15) is 18.4 Å². The van der Waals surface area contributed by atoms with Crippen LogP contribution >= 0.6 is 0 Å². The van der Waals surface area contributed by atoms with Crippen molar-refractivity contribution in [3.05, 3.63) is 41.7 Å². The molecule has 2 N–H and O–H groups in total. The number of aliphatic carboxylic acids is 1. The Labute approximate surface area is 103 Å². The number of hydrogen-bond donors (Lipinski definition) is 2. The zero-order valence-electron chi connectivity index (χ0n) is 9.52. The molecule has 2 rings (SSSR count). The fourth-order valence-electron chi connectivity index (χ4n) is 1.58. The van der Waals surface area contributed by atoms with E-state index in [2.05, 4.69) is 5.32 Å². The summed E-state index contributed by atoms with van der Waals surface area (Å²) < 4.78 is 12.9. The molecule has 18 heavy (non-hydrogen) atoms. The number of nitrogens with one attached hydrogen (secondary N) is 1. The number of amides is 1. The monoisotopic (exact) mass is 249 g/mol. The normalized spacial score (nSPS) is 16.5. The number of carboxylic acids is 1. The number of carbonyl (C=O) groups excluding carboxylic acids is 1. The predicted octanol–water partition coefficient (Wildman–Crippen LogP) is 1.57. The van der Waals surface area contributed by atoms with Crippen molar-refractivity contribution >= 4 is 18.0 Å². The summed E-state index contributed by atoms with van der Waals surface area (Å²) in [5.74, 6) is -1.89. The lowest BCUT2D eigenvalue weighted by molar-refractivity contribution is -0.142. The maximum absolute atomic E-state index is 12.9. The Morgan fingerprint density at radius 3 is 2.67 bits per heavy atom. The average molecular weight is 249 g/mol. The molecule has 0 unspecified atom stereocenters. The minimum atomic E-state index is -1.09. The third-order valence-electron chi connectivity index (χ3n) is 2.80. The Balaban J connectivity index is 1.98. The molecule has 94 valence electrons. The predicted molar refractivity (Wildman–Crippen MR) is 63.2 cm³/mol.